The number of hydrogen-bond donors (Lipinski definition) is 1. The van der Waals surface area contributed by atoms with Crippen molar-refractivity contribution in [1.82, 2.24) is 4.72 Å². The summed E-state index contributed by atoms with van der Waals surface area (Å²) in [6.07, 6.45) is -9.91. The van der Waals surface area contributed by atoms with E-state index in [0.717, 1.165) is 0 Å². The Hall–Kier alpha value is -4.63. The molecule has 0 spiro atoms. The van der Waals surface area contributed by atoms with Gasteiger partial charge in [-0.3, -0.25) is 0 Å². The molecule has 0 saturated heterocycles. The molecule has 0 aliphatic carbocycles. The summed E-state index contributed by atoms with van der Waals surface area (Å²) in [6.45, 7) is 8.39. The van der Waals surface area contributed by atoms with Gasteiger partial charge in [-0.25, -0.2) is 13.1 Å². The number of nitrogens with zero attached hydrogens (tertiary/aromatic N) is 2. The predicted molar refractivity (Wildman–Crippen MR) is 170 cm³/mol. The van der Waals surface area contributed by atoms with Crippen LogP contribution >= 0.6 is 0 Å². The first-order chi connectivity index (χ1) is 22.8. The van der Waals surface area contributed by atoms with Crippen molar-refractivity contribution in [3.63, 3.8) is 0 Å². The van der Waals surface area contributed by atoms with Gasteiger partial charge in [-0.05, 0) is 89.9 Å². The molecule has 4 rings (SSSR count). The third-order valence-corrected chi connectivity index (χ3v) is 8.98. The lowest BCUT2D eigenvalue weighted by Gasteiger charge is -2.23. The summed E-state index contributed by atoms with van der Waals surface area (Å²) in [5.74, 6) is 0.0329. The number of hydrogen-bond acceptors (Lipinski definition) is 6. The minimum atomic E-state index is -5.18. The minimum absolute atomic E-state index is 0.0234. The molecule has 4 aromatic carbocycles. The molecule has 7 nitrogen and oxygen atoms in total. The highest BCUT2D eigenvalue weighted by molar-refractivity contribution is 7.89. The molecule has 0 unspecified atom stereocenters. The van der Waals surface area contributed by atoms with Gasteiger partial charge in [0.25, 0.3) is 0 Å². The highest BCUT2D eigenvalue weighted by Gasteiger charge is 2.38. The van der Waals surface area contributed by atoms with E-state index >= 15 is 0 Å². The fraction of sp³-hybridized carbons (Fsp3) is 0.314. The maximum absolute atomic E-state index is 13.9. The number of rotatable bonds is 10. The lowest BCUT2D eigenvalue weighted by atomic mass is 9.82. The number of fused-ring (bicyclic) bond motifs is 1. The molecule has 0 aliphatic heterocycles. The van der Waals surface area contributed by atoms with Crippen LogP contribution in [0.15, 0.2) is 65.6 Å². The van der Waals surface area contributed by atoms with Crippen LogP contribution in [0.2, 0.25) is 0 Å². The van der Waals surface area contributed by atoms with Crippen molar-refractivity contribution in [3.05, 3.63) is 88.5 Å². The van der Waals surface area contributed by atoms with E-state index in [4.69, 9.17) is 9.47 Å². The van der Waals surface area contributed by atoms with Gasteiger partial charge < -0.3 is 9.47 Å². The van der Waals surface area contributed by atoms with Crippen LogP contribution in [0.25, 0.3) is 21.9 Å². The molecular formula is C35H31F6N3O4S. The number of ether oxygens (including phenoxy) is 2. The first-order valence-corrected chi connectivity index (χ1v) is 16.4. The molecule has 1 N–H and O–H groups in total. The normalized spacial score (nSPS) is 12.5. The molecular weight excluding hydrogens is 672 g/mol. The van der Waals surface area contributed by atoms with E-state index in [2.05, 4.69) is 4.72 Å². The lowest BCUT2D eigenvalue weighted by Crippen LogP contribution is -2.25. The zero-order valence-corrected chi connectivity index (χ0v) is 27.6. The summed E-state index contributed by atoms with van der Waals surface area (Å²) < 4.78 is 123. The maximum Gasteiger partial charge on any atom is 0.416 e. The van der Waals surface area contributed by atoms with Crippen LogP contribution in [-0.4, -0.2) is 28.2 Å². The molecule has 258 valence electrons. The largest absolute Gasteiger partial charge is 0.457 e. The molecule has 0 bridgehead atoms. The lowest BCUT2D eigenvalue weighted by molar-refractivity contribution is -0.143. The number of alkyl halides is 6. The number of nitriles is 2. The fourth-order valence-electron chi connectivity index (χ4n) is 5.03. The van der Waals surface area contributed by atoms with Crippen LogP contribution in [0.4, 0.5) is 26.3 Å². The zero-order chi connectivity index (χ0) is 36.4. The molecule has 4 aromatic rings. The van der Waals surface area contributed by atoms with Crippen molar-refractivity contribution in [2.75, 3.05) is 19.8 Å². The topological polar surface area (TPSA) is 112 Å². The van der Waals surface area contributed by atoms with Crippen molar-refractivity contribution in [3.8, 4) is 34.8 Å². The van der Waals surface area contributed by atoms with Gasteiger partial charge in [0.15, 0.2) is 0 Å². The van der Waals surface area contributed by atoms with Gasteiger partial charge in [0, 0.05) is 30.7 Å². The second-order valence-electron chi connectivity index (χ2n) is 12.0. The number of nitrogens with one attached hydrogen (secondary N) is 1. The Balaban J connectivity index is 1.97. The van der Waals surface area contributed by atoms with E-state index in [-0.39, 0.29) is 50.9 Å². The number of halogens is 6. The van der Waals surface area contributed by atoms with Crippen LogP contribution < -0.4 is 9.46 Å². The smallest absolute Gasteiger partial charge is 0.416 e. The highest BCUT2D eigenvalue weighted by Crippen LogP contribution is 2.46. The Morgan fingerprint density at radius 1 is 0.816 bits per heavy atom. The number of sulfonamides is 1. The Kier molecular flexibility index (Phi) is 10.7. The second kappa shape index (κ2) is 14.1. The van der Waals surface area contributed by atoms with Crippen molar-refractivity contribution in [2.45, 2.75) is 56.8 Å². The molecule has 0 radical (unpaired) electrons. The molecule has 0 heterocycles. The average Bonchev–Trinajstić information content (AvgIpc) is 3.02. The molecule has 0 aliphatic rings. The molecule has 0 amide bonds. The molecule has 0 saturated carbocycles. The van der Waals surface area contributed by atoms with Gasteiger partial charge in [0.05, 0.1) is 27.1 Å². The fourth-order valence-corrected chi connectivity index (χ4v) is 6.11. The average molecular weight is 704 g/mol. The first kappa shape index (κ1) is 37.2. The Morgan fingerprint density at radius 2 is 1.43 bits per heavy atom. The first-order valence-electron chi connectivity index (χ1n) is 14.9. The quantitative estimate of drug-likeness (QED) is 0.130. The minimum Gasteiger partial charge on any atom is -0.457 e. The van der Waals surface area contributed by atoms with E-state index in [1.807, 2.05) is 33.8 Å². The van der Waals surface area contributed by atoms with Crippen LogP contribution in [0.3, 0.4) is 0 Å². The van der Waals surface area contributed by atoms with Gasteiger partial charge in [0.1, 0.15) is 23.6 Å². The van der Waals surface area contributed by atoms with Crippen LogP contribution in [0.1, 0.15) is 61.9 Å². The van der Waals surface area contributed by atoms with E-state index in [1.54, 1.807) is 18.2 Å². The SMILES string of the molecule is CCOCCCNS(=O)(=O)c1ccc(Oc2cc(C(C)(C)C)cc3cc(C#N)c(C#N)c(-c4cc(C(F)(F)F)cc(C(F)(F)F)c4)c23)cc1. The van der Waals surface area contributed by atoms with Gasteiger partial charge in [-0.1, -0.05) is 26.8 Å². The standard InChI is InChI=1S/C35H31F6N3O4S/c1-5-47-12-6-11-44-49(45,46)28-9-7-27(8-10-28)48-30-18-24(33(2,3)4)14-21-13-23(19-42)29(20-43)31(32(21)30)22-15-25(34(36,37)38)17-26(16-22)35(39,40)41/h7-10,13-18,44H,5-6,11-12H2,1-4H3. The monoisotopic (exact) mass is 703 g/mol. The van der Waals surface area contributed by atoms with Crippen LogP contribution in [0, 0.1) is 22.7 Å². The third kappa shape index (κ3) is 8.51. The summed E-state index contributed by atoms with van der Waals surface area (Å²) in [4.78, 5) is -0.0840. The van der Waals surface area contributed by atoms with Gasteiger partial charge in [-0.2, -0.15) is 36.9 Å². The summed E-state index contributed by atoms with van der Waals surface area (Å²) in [5.41, 5.74) is -4.82. The van der Waals surface area contributed by atoms with Gasteiger partial charge in [0.2, 0.25) is 10.0 Å². The van der Waals surface area contributed by atoms with E-state index < -0.39 is 50.0 Å². The third-order valence-electron chi connectivity index (χ3n) is 7.50. The molecule has 0 atom stereocenters. The maximum atomic E-state index is 13.9. The summed E-state index contributed by atoms with van der Waals surface area (Å²) >= 11 is 0. The van der Waals surface area contributed by atoms with Crippen molar-refractivity contribution < 1.29 is 44.2 Å². The molecule has 0 fully saturated rings. The Morgan fingerprint density at radius 3 is 1.94 bits per heavy atom. The molecule has 0 aromatic heterocycles. The van der Waals surface area contributed by atoms with Crippen molar-refractivity contribution in [1.29, 1.82) is 10.5 Å². The molecule has 14 heteroatoms. The summed E-state index contributed by atoms with van der Waals surface area (Å²) in [6, 6.07) is 14.3. The Labute approximate surface area is 279 Å². The zero-order valence-electron chi connectivity index (χ0n) is 26.8. The molecule has 49 heavy (non-hydrogen) atoms. The number of benzene rings is 4. The van der Waals surface area contributed by atoms with E-state index in [9.17, 15) is 45.3 Å². The summed E-state index contributed by atoms with van der Waals surface area (Å²) in [5, 5.41) is 20.2. The van der Waals surface area contributed by atoms with Crippen LogP contribution in [-0.2, 0) is 32.5 Å². The Bertz CT molecular complexity index is 2020. The van der Waals surface area contributed by atoms with E-state index in [0.29, 0.717) is 37.3 Å². The van der Waals surface area contributed by atoms with Crippen molar-refractivity contribution >= 4 is 20.8 Å². The van der Waals surface area contributed by atoms with Crippen molar-refractivity contribution in [2.24, 2.45) is 0 Å². The van der Waals surface area contributed by atoms with Gasteiger partial charge >= 0.3 is 12.4 Å². The van der Waals surface area contributed by atoms with Crippen LogP contribution in [0.5, 0.6) is 11.5 Å². The predicted octanol–water partition coefficient (Wildman–Crippen LogP) is 9.08. The second-order valence-corrected chi connectivity index (χ2v) is 13.8. The summed E-state index contributed by atoms with van der Waals surface area (Å²) in [7, 11) is -3.90. The highest BCUT2D eigenvalue weighted by atomic mass is 32.2. The van der Waals surface area contributed by atoms with Gasteiger partial charge in [-0.15, -0.1) is 0 Å². The van der Waals surface area contributed by atoms with E-state index in [1.165, 1.54) is 30.3 Å².